The molecule has 1 aromatic carbocycles. The molecule has 4 atom stereocenters. The fourth-order valence-electron chi connectivity index (χ4n) is 5.02. The fourth-order valence-corrected chi connectivity index (χ4v) is 5.24. The predicted octanol–water partition coefficient (Wildman–Crippen LogP) is 3.47. The smallest absolute Gasteiger partial charge is 0.179 e. The lowest BCUT2D eigenvalue weighted by atomic mass is 9.83. The van der Waals surface area contributed by atoms with Gasteiger partial charge in [-0.1, -0.05) is 11.6 Å². The number of nitrogens with zero attached hydrogens (tertiary/aromatic N) is 3. The molecule has 3 saturated heterocycles. The minimum atomic E-state index is 0.0784. The monoisotopic (exact) mass is 373 g/mol. The first kappa shape index (κ1) is 17.5. The summed E-state index contributed by atoms with van der Waals surface area (Å²) in [6.07, 6.45) is 7.02. The lowest BCUT2D eigenvalue weighted by Crippen LogP contribution is -2.29. The summed E-state index contributed by atoms with van der Waals surface area (Å²) >= 11 is 6.18. The van der Waals surface area contributed by atoms with Crippen molar-refractivity contribution in [3.63, 3.8) is 0 Å². The van der Waals surface area contributed by atoms with Crippen LogP contribution < -0.4 is 9.64 Å². The van der Waals surface area contributed by atoms with Crippen LogP contribution in [0.3, 0.4) is 0 Å². The second kappa shape index (κ2) is 7.00. The lowest BCUT2D eigenvalue weighted by molar-refractivity contribution is -0.123. The fraction of sp³-hybridized carbons (Fsp3) is 0.600. The zero-order valence-electron chi connectivity index (χ0n) is 15.0. The van der Waals surface area contributed by atoms with E-state index in [0.717, 1.165) is 50.2 Å². The van der Waals surface area contributed by atoms with Crippen LogP contribution in [-0.2, 0) is 4.79 Å². The minimum Gasteiger partial charge on any atom is -0.497 e. The maximum Gasteiger partial charge on any atom is 0.179 e. The van der Waals surface area contributed by atoms with Gasteiger partial charge in [-0.2, -0.15) is 5.26 Å². The topological polar surface area (TPSA) is 56.6 Å². The Bertz CT molecular complexity index is 747. The zero-order valence-corrected chi connectivity index (χ0v) is 15.8. The van der Waals surface area contributed by atoms with Crippen molar-refractivity contribution in [3.05, 3.63) is 23.2 Å². The molecule has 3 fully saturated rings. The Morgan fingerprint density at radius 3 is 2.92 bits per heavy atom. The van der Waals surface area contributed by atoms with Crippen molar-refractivity contribution in [1.82, 2.24) is 4.90 Å². The number of methoxy groups -OCH3 is 1. The number of carbonyl (C=O) groups is 1. The van der Waals surface area contributed by atoms with E-state index in [0.29, 0.717) is 35.2 Å². The molecule has 6 heteroatoms. The molecule has 0 N–H and O–H groups in total. The number of hydrogen-bond acceptors (Lipinski definition) is 5. The third-order valence-corrected chi connectivity index (χ3v) is 6.56. The van der Waals surface area contributed by atoms with Crippen LogP contribution in [0.2, 0.25) is 5.02 Å². The van der Waals surface area contributed by atoms with Gasteiger partial charge in [0.25, 0.3) is 0 Å². The number of nitriles is 1. The SMILES string of the molecule is COc1cc(Cl)cc(N2CC[C@H](C(=O)C[C@@H]3C[C@@H]4CC[C@H]3N4C#N)C2)c1. The van der Waals surface area contributed by atoms with Crippen LogP contribution in [0.4, 0.5) is 5.69 Å². The summed E-state index contributed by atoms with van der Waals surface area (Å²) in [7, 11) is 1.63. The van der Waals surface area contributed by atoms with E-state index in [1.807, 2.05) is 17.0 Å². The molecule has 5 nitrogen and oxygen atoms in total. The average molecular weight is 374 g/mol. The number of halogens is 1. The Morgan fingerprint density at radius 1 is 1.35 bits per heavy atom. The van der Waals surface area contributed by atoms with Crippen LogP contribution >= 0.6 is 11.6 Å². The second-order valence-electron chi connectivity index (χ2n) is 7.75. The molecule has 1 aromatic rings. The van der Waals surface area contributed by atoms with Crippen LogP contribution in [-0.4, -0.2) is 43.0 Å². The number of fused-ring (bicyclic) bond motifs is 2. The average Bonchev–Trinajstić information content (AvgIpc) is 3.35. The Morgan fingerprint density at radius 2 is 2.19 bits per heavy atom. The van der Waals surface area contributed by atoms with Gasteiger partial charge < -0.3 is 14.5 Å². The Labute approximate surface area is 159 Å². The first-order chi connectivity index (χ1) is 12.6. The molecule has 0 unspecified atom stereocenters. The summed E-state index contributed by atoms with van der Waals surface area (Å²) < 4.78 is 5.30. The molecule has 0 aliphatic carbocycles. The van der Waals surface area contributed by atoms with E-state index in [2.05, 4.69) is 11.1 Å². The van der Waals surface area contributed by atoms with E-state index < -0.39 is 0 Å². The van der Waals surface area contributed by atoms with E-state index in [1.165, 1.54) is 0 Å². The summed E-state index contributed by atoms with van der Waals surface area (Å²) in [6, 6.07) is 6.36. The lowest BCUT2D eigenvalue weighted by Gasteiger charge is -2.22. The van der Waals surface area contributed by atoms with Gasteiger partial charge in [-0.15, -0.1) is 0 Å². The number of ether oxygens (including phenoxy) is 1. The molecule has 0 amide bonds. The van der Waals surface area contributed by atoms with E-state index >= 15 is 0 Å². The van der Waals surface area contributed by atoms with E-state index in [1.54, 1.807) is 13.2 Å². The van der Waals surface area contributed by atoms with Crippen LogP contribution in [0.5, 0.6) is 5.75 Å². The molecule has 0 saturated carbocycles. The van der Waals surface area contributed by atoms with Gasteiger partial charge in [0.05, 0.1) is 7.11 Å². The summed E-state index contributed by atoms with van der Waals surface area (Å²) in [5, 5.41) is 9.95. The number of ketones is 1. The first-order valence-corrected chi connectivity index (χ1v) is 9.77. The van der Waals surface area contributed by atoms with Crippen molar-refractivity contribution in [2.75, 3.05) is 25.1 Å². The zero-order chi connectivity index (χ0) is 18.3. The van der Waals surface area contributed by atoms with Gasteiger partial charge in [0.1, 0.15) is 11.5 Å². The van der Waals surface area contributed by atoms with Crippen molar-refractivity contribution in [1.29, 1.82) is 5.26 Å². The van der Waals surface area contributed by atoms with Crippen LogP contribution in [0.25, 0.3) is 0 Å². The summed E-state index contributed by atoms with van der Waals surface area (Å²) in [4.78, 5) is 17.0. The number of rotatable bonds is 5. The highest BCUT2D eigenvalue weighted by Gasteiger charge is 2.47. The van der Waals surface area contributed by atoms with Gasteiger partial charge in [-0.25, -0.2) is 0 Å². The normalized spacial score (nSPS) is 29.9. The van der Waals surface area contributed by atoms with Crippen molar-refractivity contribution in [2.24, 2.45) is 11.8 Å². The molecule has 3 aliphatic heterocycles. The van der Waals surface area contributed by atoms with Gasteiger partial charge in [-0.3, -0.25) is 4.79 Å². The number of benzene rings is 1. The van der Waals surface area contributed by atoms with Gasteiger partial charge >= 0.3 is 0 Å². The largest absolute Gasteiger partial charge is 0.497 e. The molecular formula is C20H24ClN3O2. The quantitative estimate of drug-likeness (QED) is 0.740. The summed E-state index contributed by atoms with van der Waals surface area (Å²) in [5.41, 5.74) is 1.01. The van der Waals surface area contributed by atoms with Gasteiger partial charge in [0.15, 0.2) is 6.19 Å². The van der Waals surface area contributed by atoms with Crippen LogP contribution in [0.1, 0.15) is 32.1 Å². The van der Waals surface area contributed by atoms with Gasteiger partial charge in [0.2, 0.25) is 0 Å². The molecule has 0 aromatic heterocycles. The first-order valence-electron chi connectivity index (χ1n) is 9.39. The van der Waals surface area contributed by atoms with Crippen molar-refractivity contribution < 1.29 is 9.53 Å². The summed E-state index contributed by atoms with van der Waals surface area (Å²) in [5.74, 6) is 1.54. The predicted molar refractivity (Wildman–Crippen MR) is 100 cm³/mol. The Kier molecular flexibility index (Phi) is 4.71. The van der Waals surface area contributed by atoms with Crippen molar-refractivity contribution in [3.8, 4) is 11.9 Å². The number of carbonyl (C=O) groups excluding carboxylic acids is 1. The molecule has 3 heterocycles. The van der Waals surface area contributed by atoms with E-state index in [9.17, 15) is 10.1 Å². The highest BCUT2D eigenvalue weighted by molar-refractivity contribution is 6.31. The highest BCUT2D eigenvalue weighted by atomic mass is 35.5. The Hall–Kier alpha value is -1.93. The van der Waals surface area contributed by atoms with Crippen LogP contribution in [0.15, 0.2) is 18.2 Å². The molecular weight excluding hydrogens is 350 g/mol. The number of hydrogen-bond donors (Lipinski definition) is 0. The Balaban J connectivity index is 1.38. The van der Waals surface area contributed by atoms with Gasteiger partial charge in [-0.05, 0) is 43.7 Å². The van der Waals surface area contributed by atoms with E-state index in [-0.39, 0.29) is 5.92 Å². The molecule has 138 valence electrons. The van der Waals surface area contributed by atoms with Crippen LogP contribution in [0, 0.1) is 23.3 Å². The van der Waals surface area contributed by atoms with E-state index in [4.69, 9.17) is 16.3 Å². The number of anilines is 1. The molecule has 2 bridgehead atoms. The minimum absolute atomic E-state index is 0.0784. The molecule has 0 radical (unpaired) electrons. The molecule has 26 heavy (non-hydrogen) atoms. The third kappa shape index (κ3) is 3.12. The summed E-state index contributed by atoms with van der Waals surface area (Å²) in [6.45, 7) is 1.60. The van der Waals surface area contributed by atoms with Gasteiger partial charge in [0, 0.05) is 54.3 Å². The molecule has 0 spiro atoms. The van der Waals surface area contributed by atoms with Crippen molar-refractivity contribution in [2.45, 2.75) is 44.2 Å². The molecule has 3 aliphatic rings. The maximum absolute atomic E-state index is 12.9. The third-order valence-electron chi connectivity index (χ3n) is 6.34. The molecule has 4 rings (SSSR count). The maximum atomic E-state index is 12.9. The standard InChI is InChI=1S/C20H24ClN3O2/c1-26-18-9-15(21)8-17(10-18)23-5-4-13(11-23)20(25)7-14-6-16-2-3-19(14)24(16)12-22/h8-10,13-14,16,19H,2-7,11H2,1H3/t13-,14-,16-,19+/m0/s1. The highest BCUT2D eigenvalue weighted by Crippen LogP contribution is 2.43. The second-order valence-corrected chi connectivity index (χ2v) is 8.19. The van der Waals surface area contributed by atoms with Crippen molar-refractivity contribution >= 4 is 23.1 Å². The number of Topliss-reactive ketones (excluding diaryl/α,β-unsaturated/α-hetero) is 1.